The maximum absolute atomic E-state index is 10.9. The van der Waals surface area contributed by atoms with Crippen LogP contribution in [0.3, 0.4) is 0 Å². The summed E-state index contributed by atoms with van der Waals surface area (Å²) in [7, 11) is 0. The van der Waals surface area contributed by atoms with E-state index in [1.54, 1.807) is 25.7 Å². The summed E-state index contributed by atoms with van der Waals surface area (Å²) >= 11 is 0. The third-order valence-electron chi connectivity index (χ3n) is 5.48. The number of carbonyl (C=O) groups excluding carboxylic acids is 1. The quantitative estimate of drug-likeness (QED) is 0.731. The fraction of sp³-hybridized carbons (Fsp3) is 0.941. The number of amides is 1. The van der Waals surface area contributed by atoms with Crippen LogP contribution in [0.25, 0.3) is 0 Å². The molecule has 110 valence electrons. The van der Waals surface area contributed by atoms with Crippen molar-refractivity contribution >= 4 is 5.91 Å². The van der Waals surface area contributed by atoms with Crippen molar-refractivity contribution in [3.05, 3.63) is 0 Å². The minimum absolute atomic E-state index is 0.324. The molecule has 2 nitrogen and oxygen atoms in total. The predicted octanol–water partition coefficient (Wildman–Crippen LogP) is 4.24. The highest BCUT2D eigenvalue weighted by Gasteiger charge is 2.48. The minimum Gasteiger partial charge on any atom is -0.340 e. The SMILES string of the molecule is CC(C)C1CC2(CCC2)C1.CC(C)N1CCCC1=O. The molecular formula is C17H31NO. The van der Waals surface area contributed by atoms with Gasteiger partial charge in [-0.2, -0.15) is 0 Å². The second-order valence-electron chi connectivity index (χ2n) is 7.55. The Morgan fingerprint density at radius 1 is 1.11 bits per heavy atom. The molecule has 1 aliphatic heterocycles. The van der Waals surface area contributed by atoms with E-state index in [1.807, 2.05) is 4.90 Å². The zero-order valence-corrected chi connectivity index (χ0v) is 13.2. The van der Waals surface area contributed by atoms with Crippen LogP contribution in [0.2, 0.25) is 0 Å². The van der Waals surface area contributed by atoms with Gasteiger partial charge < -0.3 is 4.90 Å². The Morgan fingerprint density at radius 2 is 1.74 bits per heavy atom. The van der Waals surface area contributed by atoms with Crippen molar-refractivity contribution in [1.82, 2.24) is 4.90 Å². The zero-order valence-electron chi connectivity index (χ0n) is 13.2. The van der Waals surface area contributed by atoms with Crippen LogP contribution in [-0.2, 0) is 4.79 Å². The highest BCUT2D eigenvalue weighted by molar-refractivity contribution is 5.78. The molecule has 3 rings (SSSR count). The van der Waals surface area contributed by atoms with Gasteiger partial charge in [0.05, 0.1) is 0 Å². The zero-order chi connectivity index (χ0) is 14.0. The molecule has 0 atom stereocenters. The second kappa shape index (κ2) is 5.85. The predicted molar refractivity (Wildman–Crippen MR) is 79.9 cm³/mol. The van der Waals surface area contributed by atoms with Gasteiger partial charge in [0.1, 0.15) is 0 Å². The molecular weight excluding hydrogens is 234 g/mol. The van der Waals surface area contributed by atoms with Gasteiger partial charge in [-0.1, -0.05) is 20.3 Å². The maximum Gasteiger partial charge on any atom is 0.222 e. The molecule has 3 aliphatic rings. The second-order valence-corrected chi connectivity index (χ2v) is 7.55. The van der Waals surface area contributed by atoms with Crippen molar-refractivity contribution < 1.29 is 4.79 Å². The molecule has 0 aromatic carbocycles. The molecule has 0 aromatic heterocycles. The number of hydrogen-bond acceptors (Lipinski definition) is 1. The molecule has 3 fully saturated rings. The third-order valence-corrected chi connectivity index (χ3v) is 5.48. The fourth-order valence-electron chi connectivity index (χ4n) is 3.82. The van der Waals surface area contributed by atoms with Gasteiger partial charge in [0.2, 0.25) is 5.91 Å². The van der Waals surface area contributed by atoms with Gasteiger partial charge in [-0.05, 0) is 63.2 Å². The number of nitrogens with zero attached hydrogens (tertiary/aromatic N) is 1. The first kappa shape index (κ1) is 14.9. The van der Waals surface area contributed by atoms with Crippen molar-refractivity contribution in [2.45, 2.75) is 78.7 Å². The minimum atomic E-state index is 0.324. The van der Waals surface area contributed by atoms with Crippen LogP contribution in [0.5, 0.6) is 0 Å². The standard InChI is InChI=1S/C10H18.C7H13NO/c1-8(2)9-6-10(7-9)4-3-5-10;1-6(2)8-5-3-4-7(8)9/h8-9H,3-7H2,1-2H3;6H,3-5H2,1-2H3. The molecule has 2 heteroatoms. The summed E-state index contributed by atoms with van der Waals surface area (Å²) in [5.41, 5.74) is 0.898. The Labute approximate surface area is 118 Å². The average molecular weight is 265 g/mol. The summed E-state index contributed by atoms with van der Waals surface area (Å²) in [4.78, 5) is 12.9. The van der Waals surface area contributed by atoms with Gasteiger partial charge in [-0.15, -0.1) is 0 Å². The first-order chi connectivity index (χ1) is 8.93. The Hall–Kier alpha value is -0.530. The maximum atomic E-state index is 10.9. The van der Waals surface area contributed by atoms with Crippen molar-refractivity contribution in [2.24, 2.45) is 17.3 Å². The van der Waals surface area contributed by atoms with E-state index in [2.05, 4.69) is 27.7 Å². The van der Waals surface area contributed by atoms with E-state index >= 15 is 0 Å². The number of carbonyl (C=O) groups is 1. The van der Waals surface area contributed by atoms with Crippen LogP contribution in [0.1, 0.15) is 72.6 Å². The van der Waals surface area contributed by atoms with E-state index in [9.17, 15) is 4.79 Å². The third kappa shape index (κ3) is 3.32. The Bertz CT molecular complexity index is 309. The smallest absolute Gasteiger partial charge is 0.222 e. The normalized spacial score (nSPS) is 25.4. The molecule has 1 saturated heterocycles. The number of likely N-dealkylation sites (tertiary alicyclic amines) is 1. The van der Waals surface area contributed by atoms with E-state index in [0.717, 1.165) is 36.6 Å². The highest BCUT2D eigenvalue weighted by Crippen LogP contribution is 2.60. The summed E-state index contributed by atoms with van der Waals surface area (Å²) in [6.45, 7) is 9.83. The van der Waals surface area contributed by atoms with E-state index in [1.165, 1.54) is 6.42 Å². The molecule has 0 unspecified atom stereocenters. The van der Waals surface area contributed by atoms with Crippen LogP contribution in [0.15, 0.2) is 0 Å². The van der Waals surface area contributed by atoms with Crippen LogP contribution < -0.4 is 0 Å². The van der Waals surface area contributed by atoms with Gasteiger partial charge in [-0.25, -0.2) is 0 Å². The average Bonchev–Trinajstić information content (AvgIpc) is 2.60. The number of hydrogen-bond donors (Lipinski definition) is 0. The van der Waals surface area contributed by atoms with Crippen molar-refractivity contribution in [1.29, 1.82) is 0 Å². The van der Waals surface area contributed by atoms with Crippen LogP contribution in [0.4, 0.5) is 0 Å². The van der Waals surface area contributed by atoms with Gasteiger partial charge in [-0.3, -0.25) is 4.79 Å². The van der Waals surface area contributed by atoms with E-state index in [-0.39, 0.29) is 0 Å². The monoisotopic (exact) mass is 265 g/mol. The van der Waals surface area contributed by atoms with Gasteiger partial charge in [0.15, 0.2) is 0 Å². The summed E-state index contributed by atoms with van der Waals surface area (Å²) in [5.74, 6) is 2.36. The summed E-state index contributed by atoms with van der Waals surface area (Å²) in [6.07, 6.45) is 9.56. The van der Waals surface area contributed by atoms with Gasteiger partial charge in [0, 0.05) is 19.0 Å². The largest absolute Gasteiger partial charge is 0.340 e. The lowest BCUT2D eigenvalue weighted by Crippen LogP contribution is -2.44. The van der Waals surface area contributed by atoms with Crippen molar-refractivity contribution in [3.63, 3.8) is 0 Å². The molecule has 19 heavy (non-hydrogen) atoms. The first-order valence-electron chi connectivity index (χ1n) is 8.23. The van der Waals surface area contributed by atoms with E-state index < -0.39 is 0 Å². The fourth-order valence-corrected chi connectivity index (χ4v) is 3.82. The van der Waals surface area contributed by atoms with E-state index in [4.69, 9.17) is 0 Å². The molecule has 1 heterocycles. The number of rotatable bonds is 2. The van der Waals surface area contributed by atoms with Crippen molar-refractivity contribution in [2.75, 3.05) is 6.54 Å². The van der Waals surface area contributed by atoms with Crippen LogP contribution >= 0.6 is 0 Å². The summed E-state index contributed by atoms with van der Waals surface area (Å²) in [5, 5.41) is 0. The molecule has 1 spiro atoms. The lowest BCUT2D eigenvalue weighted by Gasteiger charge is -2.55. The molecule has 0 bridgehead atoms. The first-order valence-corrected chi connectivity index (χ1v) is 8.23. The summed E-state index contributed by atoms with van der Waals surface area (Å²) < 4.78 is 0. The van der Waals surface area contributed by atoms with Gasteiger partial charge >= 0.3 is 0 Å². The summed E-state index contributed by atoms with van der Waals surface area (Å²) in [6, 6.07) is 0.403. The Morgan fingerprint density at radius 3 is 2.00 bits per heavy atom. The molecule has 0 aromatic rings. The molecule has 1 amide bonds. The van der Waals surface area contributed by atoms with Gasteiger partial charge in [0.25, 0.3) is 0 Å². The molecule has 0 radical (unpaired) electrons. The lowest BCUT2D eigenvalue weighted by atomic mass is 9.50. The molecule has 2 aliphatic carbocycles. The van der Waals surface area contributed by atoms with Crippen LogP contribution in [0, 0.1) is 17.3 Å². The topological polar surface area (TPSA) is 20.3 Å². The van der Waals surface area contributed by atoms with E-state index in [0.29, 0.717) is 11.9 Å². The highest BCUT2D eigenvalue weighted by atomic mass is 16.2. The lowest BCUT2D eigenvalue weighted by molar-refractivity contribution is -0.129. The van der Waals surface area contributed by atoms with Crippen molar-refractivity contribution in [3.8, 4) is 0 Å². The molecule has 2 saturated carbocycles. The Kier molecular flexibility index (Phi) is 4.58. The molecule has 0 N–H and O–H groups in total. The Balaban J connectivity index is 0.000000141. The van der Waals surface area contributed by atoms with Crippen LogP contribution in [-0.4, -0.2) is 23.4 Å².